The van der Waals surface area contributed by atoms with Gasteiger partial charge in [-0.05, 0) is 57.8 Å². The lowest BCUT2D eigenvalue weighted by molar-refractivity contribution is -0.270. The van der Waals surface area contributed by atoms with Gasteiger partial charge in [0.05, 0.1) is 65.0 Å². The Kier molecular flexibility index (Phi) is 45.1. The molecule has 3 fully saturated rings. The van der Waals surface area contributed by atoms with Crippen LogP contribution in [0.4, 0.5) is 0 Å². The van der Waals surface area contributed by atoms with E-state index in [0.29, 0.717) is 57.8 Å². The zero-order chi connectivity index (χ0) is 74.7. The third kappa shape index (κ3) is 36.2. The molecule has 37 nitrogen and oxygen atoms in total. The third-order valence-electron chi connectivity index (χ3n) is 16.1. The second kappa shape index (κ2) is 50.8. The van der Waals surface area contributed by atoms with Crippen LogP contribution in [0.1, 0.15) is 131 Å². The average Bonchev–Trinajstić information content (AvgIpc) is 0.826. The zero-order valence-corrected chi connectivity index (χ0v) is 58.9. The standard InChI is InChI=1S/C64H116N10O27/c1-39(2)74-64(36-93-30-18-49(84)68-24-12-21-65-46(81)15-6-9-27-96-61-52(71-40(3)78)58(90)55(87)43(33-75)99-61,37-94-31-19-50(85)69-25-13-22-66-47(82)16-7-10-28-97-62-53(72-41(4)79)59(91)56(88)44(34-76)100-62)38-95-32-20-51(86)70-26-14-23-67-48(83)17-8-11-29-98-63-54(73-42(5)80)60(92)57(89)45(35-77)101-63/h39,43-45,52-63,74-77,87-92H,6-38H2,1-5H3,(H,65,81)(H,66,82)(H,67,83)(H,68,84)(H,69,85)(H,70,86)(H,71,78)(H,72,79)(H,73,80)/t43?,44?,45?,52?,53?,54?,55-,56-,57-,58+,59+,60+,61+,62+,63+,64?/m0/s1. The molecule has 0 aliphatic carbocycles. The molecular formula is C64H116N10O27. The van der Waals surface area contributed by atoms with E-state index < -0.39 is 135 Å². The first-order valence-electron chi connectivity index (χ1n) is 34.9. The number of aliphatic hydroxyl groups excluding tert-OH is 9. The fraction of sp³-hybridized carbons (Fsp3) is 0.859. The molecule has 0 saturated carbocycles. The van der Waals surface area contributed by atoms with Crippen LogP contribution < -0.4 is 53.2 Å². The molecule has 584 valence electrons. The minimum Gasteiger partial charge on any atom is -0.394 e. The predicted molar refractivity (Wildman–Crippen MR) is 355 cm³/mol. The Labute approximate surface area is 589 Å². The van der Waals surface area contributed by atoms with E-state index in [4.69, 9.17) is 42.6 Å². The molecule has 0 bridgehead atoms. The molecule has 101 heavy (non-hydrogen) atoms. The van der Waals surface area contributed by atoms with Crippen LogP contribution in [0.5, 0.6) is 0 Å². The molecule has 37 heteroatoms. The molecule has 3 heterocycles. The number of carbonyl (C=O) groups is 9. The molecule has 0 spiro atoms. The van der Waals surface area contributed by atoms with Gasteiger partial charge in [-0.25, -0.2) is 0 Å². The minimum atomic E-state index is -1.44. The highest BCUT2D eigenvalue weighted by molar-refractivity contribution is 5.78. The van der Waals surface area contributed by atoms with E-state index in [0.717, 1.165) is 0 Å². The van der Waals surface area contributed by atoms with E-state index in [-0.39, 0.29) is 179 Å². The predicted octanol–water partition coefficient (Wildman–Crippen LogP) is -6.80. The molecule has 15 atom stereocenters. The van der Waals surface area contributed by atoms with Gasteiger partial charge in [-0.3, -0.25) is 43.2 Å². The van der Waals surface area contributed by atoms with Gasteiger partial charge in [-0.2, -0.15) is 0 Å². The molecule has 3 saturated heterocycles. The number of amides is 9. The first-order valence-corrected chi connectivity index (χ1v) is 34.9. The maximum absolute atomic E-state index is 12.9. The van der Waals surface area contributed by atoms with Gasteiger partial charge < -0.3 is 142 Å². The van der Waals surface area contributed by atoms with E-state index in [1.54, 1.807) is 0 Å². The van der Waals surface area contributed by atoms with Crippen molar-refractivity contribution in [3.8, 4) is 0 Å². The van der Waals surface area contributed by atoms with Crippen LogP contribution in [0.15, 0.2) is 0 Å². The molecule has 3 aliphatic heterocycles. The largest absolute Gasteiger partial charge is 0.394 e. The number of carbonyl (C=O) groups excluding carboxylic acids is 9. The van der Waals surface area contributed by atoms with Crippen LogP contribution in [0.2, 0.25) is 0 Å². The SMILES string of the molecule is CC(=O)NC1[C@H](OCCCCC(=O)NCCCNC(=O)CCOCC(COCCC(=O)NCCCNC(=O)CCCCO[C@@H]2OC(CO)[C@H](O)[C@H](O)C2NC(C)=O)(COCCC(=O)NCCCNC(=O)CCCCO[C@@H]2OC(CO)[C@H](O)[C@H](O)C2NC(C)=O)NC(C)C)OC(CO)[C@H](O)[C@@H]1O. The van der Waals surface area contributed by atoms with Crippen molar-refractivity contribution >= 4 is 53.2 Å². The lowest BCUT2D eigenvalue weighted by Crippen LogP contribution is -2.64. The summed E-state index contributed by atoms with van der Waals surface area (Å²) in [6, 6.07) is -3.36. The monoisotopic (exact) mass is 1460 g/mol. The summed E-state index contributed by atoms with van der Waals surface area (Å²) in [5.41, 5.74) is -1.02. The van der Waals surface area contributed by atoms with Crippen molar-refractivity contribution in [1.29, 1.82) is 0 Å². The molecule has 0 radical (unpaired) electrons. The van der Waals surface area contributed by atoms with Crippen LogP contribution in [-0.4, -0.2) is 321 Å². The van der Waals surface area contributed by atoms with Crippen molar-refractivity contribution in [2.24, 2.45) is 0 Å². The zero-order valence-electron chi connectivity index (χ0n) is 58.9. The van der Waals surface area contributed by atoms with Crippen molar-refractivity contribution in [2.45, 2.75) is 234 Å². The van der Waals surface area contributed by atoms with Gasteiger partial charge in [0.25, 0.3) is 0 Å². The highest BCUT2D eigenvalue weighted by atomic mass is 16.7. The Morgan fingerprint density at radius 1 is 0.356 bits per heavy atom. The van der Waals surface area contributed by atoms with Gasteiger partial charge >= 0.3 is 0 Å². The molecule has 0 aromatic heterocycles. The highest BCUT2D eigenvalue weighted by Gasteiger charge is 2.48. The Balaban J connectivity index is 1.40. The quantitative estimate of drug-likeness (QED) is 0.0252. The summed E-state index contributed by atoms with van der Waals surface area (Å²) in [6.45, 7) is 7.73. The van der Waals surface area contributed by atoms with E-state index >= 15 is 0 Å². The maximum Gasteiger partial charge on any atom is 0.222 e. The molecule has 6 unspecified atom stereocenters. The maximum atomic E-state index is 12.9. The van der Waals surface area contributed by atoms with E-state index in [9.17, 15) is 89.1 Å². The van der Waals surface area contributed by atoms with Crippen molar-refractivity contribution in [1.82, 2.24) is 53.2 Å². The Hall–Kier alpha value is -5.53. The molecule has 19 N–H and O–H groups in total. The summed E-state index contributed by atoms with van der Waals surface area (Å²) in [5, 5.41) is 118. The van der Waals surface area contributed by atoms with Gasteiger partial charge in [-0.1, -0.05) is 13.8 Å². The van der Waals surface area contributed by atoms with E-state index in [1.165, 1.54) is 20.8 Å². The van der Waals surface area contributed by atoms with Gasteiger partial charge in [0, 0.05) is 124 Å². The van der Waals surface area contributed by atoms with Crippen LogP contribution in [0.3, 0.4) is 0 Å². The van der Waals surface area contributed by atoms with Crippen LogP contribution in [-0.2, 0) is 85.8 Å². The number of rotatable bonds is 53. The number of nitrogens with one attached hydrogen (secondary N) is 10. The Morgan fingerprint density at radius 3 is 0.832 bits per heavy atom. The summed E-state index contributed by atoms with van der Waals surface area (Å²) >= 11 is 0. The van der Waals surface area contributed by atoms with Crippen molar-refractivity contribution in [3.63, 3.8) is 0 Å². The lowest BCUT2D eigenvalue weighted by Gasteiger charge is -2.42. The Morgan fingerprint density at radius 2 is 0.604 bits per heavy atom. The molecule has 0 aromatic carbocycles. The summed E-state index contributed by atoms with van der Waals surface area (Å²) in [4.78, 5) is 111. The van der Waals surface area contributed by atoms with Crippen LogP contribution >= 0.6 is 0 Å². The van der Waals surface area contributed by atoms with Gasteiger partial charge in [0.2, 0.25) is 53.2 Å². The average molecular weight is 1460 g/mol. The topological polar surface area (TPSA) is 539 Å². The first kappa shape index (κ1) is 89.7. The fourth-order valence-corrected chi connectivity index (χ4v) is 10.9. The number of unbranched alkanes of at least 4 members (excludes halogenated alkanes) is 3. The van der Waals surface area contributed by atoms with Crippen LogP contribution in [0, 0.1) is 0 Å². The lowest BCUT2D eigenvalue weighted by atomic mass is 9.97. The van der Waals surface area contributed by atoms with Gasteiger partial charge in [-0.15, -0.1) is 0 Å². The molecule has 3 rings (SSSR count). The summed E-state index contributed by atoms with van der Waals surface area (Å²) in [7, 11) is 0. The third-order valence-corrected chi connectivity index (χ3v) is 16.1. The molecule has 0 aromatic rings. The second-order valence-electron chi connectivity index (χ2n) is 25.4. The molecular weight excluding hydrogens is 1340 g/mol. The van der Waals surface area contributed by atoms with Gasteiger partial charge in [0.1, 0.15) is 73.1 Å². The number of aliphatic hydroxyl groups is 9. The fourth-order valence-electron chi connectivity index (χ4n) is 10.9. The normalized spacial score (nSPS) is 25.6. The first-order chi connectivity index (χ1) is 48.2. The summed E-state index contributed by atoms with van der Waals surface area (Å²) in [5.74, 6) is -3.01. The summed E-state index contributed by atoms with van der Waals surface area (Å²) < 4.78 is 51.9. The minimum absolute atomic E-state index is 0.00518. The van der Waals surface area contributed by atoms with E-state index in [2.05, 4.69) is 53.2 Å². The highest BCUT2D eigenvalue weighted by Crippen LogP contribution is 2.26. The van der Waals surface area contributed by atoms with Crippen molar-refractivity contribution in [2.75, 3.05) is 119 Å². The number of hydrogen-bond donors (Lipinski definition) is 19. The van der Waals surface area contributed by atoms with Gasteiger partial charge in [0.15, 0.2) is 18.9 Å². The molecule has 9 amide bonds. The second-order valence-corrected chi connectivity index (χ2v) is 25.4. The van der Waals surface area contributed by atoms with Crippen molar-refractivity contribution in [3.05, 3.63) is 0 Å². The van der Waals surface area contributed by atoms with E-state index in [1.807, 2.05) is 13.8 Å². The summed E-state index contributed by atoms with van der Waals surface area (Å²) in [6.07, 6.45) is -11.0. The Bertz CT molecular complexity index is 2180. The number of ether oxygens (including phenoxy) is 9. The van der Waals surface area contributed by atoms with Crippen molar-refractivity contribution < 1.29 is 132 Å². The number of hydrogen-bond acceptors (Lipinski definition) is 28. The van der Waals surface area contributed by atoms with Crippen LogP contribution in [0.25, 0.3) is 0 Å². The smallest absolute Gasteiger partial charge is 0.222 e. The molecule has 3 aliphatic rings.